The highest BCUT2D eigenvalue weighted by atomic mass is 16.5. The molecule has 0 fully saturated rings. The molecule has 4 amide bonds. The van der Waals surface area contributed by atoms with Crippen LogP contribution in [0, 0.1) is 0 Å². The Balaban J connectivity index is 2.03. The molecule has 1 aliphatic heterocycles. The lowest BCUT2D eigenvalue weighted by Gasteiger charge is -2.25. The van der Waals surface area contributed by atoms with Crippen molar-refractivity contribution in [2.24, 2.45) is 0 Å². The van der Waals surface area contributed by atoms with E-state index in [0.717, 1.165) is 17.1 Å². The van der Waals surface area contributed by atoms with E-state index in [0.29, 0.717) is 6.54 Å². The first-order chi connectivity index (χ1) is 12.6. The van der Waals surface area contributed by atoms with Crippen molar-refractivity contribution < 1.29 is 28.7 Å². The van der Waals surface area contributed by atoms with Gasteiger partial charge in [-0.1, -0.05) is 0 Å². The van der Waals surface area contributed by atoms with Crippen molar-refractivity contribution in [1.29, 1.82) is 0 Å². The lowest BCUT2D eigenvalue weighted by Crippen LogP contribution is -2.41. The van der Waals surface area contributed by atoms with E-state index in [1.807, 2.05) is 27.7 Å². The van der Waals surface area contributed by atoms with Crippen LogP contribution in [-0.4, -0.2) is 73.1 Å². The Labute approximate surface area is 159 Å². The number of imide groups is 1. The van der Waals surface area contributed by atoms with Crippen LogP contribution in [-0.2, 0) is 28.7 Å². The molecular formula is C18H29N3O6. The summed E-state index contributed by atoms with van der Waals surface area (Å²) in [7, 11) is 0. The van der Waals surface area contributed by atoms with Crippen molar-refractivity contribution in [2.45, 2.75) is 45.8 Å². The Morgan fingerprint density at radius 2 is 1.70 bits per heavy atom. The van der Waals surface area contributed by atoms with E-state index in [9.17, 15) is 19.2 Å². The molecule has 1 heterocycles. The van der Waals surface area contributed by atoms with Gasteiger partial charge in [0, 0.05) is 31.7 Å². The zero-order chi connectivity index (χ0) is 20.4. The van der Waals surface area contributed by atoms with Crippen molar-refractivity contribution in [1.82, 2.24) is 15.5 Å². The highest BCUT2D eigenvalue weighted by Crippen LogP contribution is 2.09. The van der Waals surface area contributed by atoms with E-state index in [4.69, 9.17) is 9.47 Å². The third-order valence-electron chi connectivity index (χ3n) is 3.39. The van der Waals surface area contributed by atoms with Crippen LogP contribution in [0.5, 0.6) is 0 Å². The number of carbonyl (C=O) groups is 4. The Hall–Kier alpha value is -2.26. The average Bonchev–Trinajstić information content (AvgIpc) is 2.86. The van der Waals surface area contributed by atoms with Gasteiger partial charge < -0.3 is 20.1 Å². The second kappa shape index (κ2) is 10.8. The van der Waals surface area contributed by atoms with Crippen LogP contribution >= 0.6 is 0 Å². The van der Waals surface area contributed by atoms with Gasteiger partial charge in [0.05, 0.1) is 24.9 Å². The average molecular weight is 383 g/mol. The molecule has 0 aliphatic carbocycles. The Bertz CT molecular complexity index is 564. The third kappa shape index (κ3) is 9.86. The molecule has 9 nitrogen and oxygen atoms in total. The zero-order valence-corrected chi connectivity index (χ0v) is 16.4. The Morgan fingerprint density at radius 3 is 2.30 bits per heavy atom. The number of ether oxygens (including phenoxy) is 2. The fourth-order valence-corrected chi connectivity index (χ4v) is 2.31. The minimum absolute atomic E-state index is 0.0883. The number of nitrogens with one attached hydrogen (secondary N) is 2. The van der Waals surface area contributed by atoms with E-state index in [1.165, 1.54) is 0 Å². The zero-order valence-electron chi connectivity index (χ0n) is 16.4. The van der Waals surface area contributed by atoms with Gasteiger partial charge in [-0.15, -0.1) is 0 Å². The standard InChI is InChI=1S/C18H29N3O6/c1-13(27-18(2,3)4)11-20-14(22)7-9-26-10-8-19-15(23)12-21-16(24)5-6-17(21)25/h5-6,13H,7-12H2,1-4H3,(H,19,23)(H,20,22)/t13-/m0/s1. The summed E-state index contributed by atoms with van der Waals surface area (Å²) >= 11 is 0. The first kappa shape index (κ1) is 22.8. The van der Waals surface area contributed by atoms with Crippen LogP contribution in [0.25, 0.3) is 0 Å². The molecule has 0 spiro atoms. The SMILES string of the molecule is C[C@@H](CNC(=O)CCOCCNC(=O)CN1C(=O)C=CC1=O)OC(C)(C)C. The van der Waals surface area contributed by atoms with Gasteiger partial charge >= 0.3 is 0 Å². The van der Waals surface area contributed by atoms with Crippen molar-refractivity contribution in [3.8, 4) is 0 Å². The monoisotopic (exact) mass is 383 g/mol. The van der Waals surface area contributed by atoms with Crippen molar-refractivity contribution in [3.63, 3.8) is 0 Å². The lowest BCUT2D eigenvalue weighted by atomic mass is 10.2. The summed E-state index contributed by atoms with van der Waals surface area (Å²) in [6.07, 6.45) is 2.37. The number of carbonyl (C=O) groups excluding carboxylic acids is 4. The largest absolute Gasteiger partial charge is 0.379 e. The predicted octanol–water partition coefficient (Wildman–Crippen LogP) is -0.246. The van der Waals surface area contributed by atoms with Crippen LogP contribution in [0.1, 0.15) is 34.1 Å². The van der Waals surface area contributed by atoms with Gasteiger partial charge in [0.25, 0.3) is 11.8 Å². The number of hydrogen-bond donors (Lipinski definition) is 2. The van der Waals surface area contributed by atoms with Crippen LogP contribution in [0.4, 0.5) is 0 Å². The van der Waals surface area contributed by atoms with Crippen molar-refractivity contribution >= 4 is 23.6 Å². The maximum Gasteiger partial charge on any atom is 0.254 e. The number of hydrogen-bond acceptors (Lipinski definition) is 6. The molecule has 1 atom stereocenters. The molecule has 0 aromatic carbocycles. The molecule has 0 saturated heterocycles. The second-order valence-corrected chi connectivity index (χ2v) is 7.15. The molecule has 0 unspecified atom stereocenters. The number of rotatable bonds is 11. The first-order valence-corrected chi connectivity index (χ1v) is 8.91. The van der Waals surface area contributed by atoms with E-state index in [1.54, 1.807) is 0 Å². The van der Waals surface area contributed by atoms with E-state index in [-0.39, 0.29) is 50.3 Å². The van der Waals surface area contributed by atoms with E-state index >= 15 is 0 Å². The van der Waals surface area contributed by atoms with Gasteiger partial charge in [0.1, 0.15) is 6.54 Å². The number of nitrogens with zero attached hydrogens (tertiary/aromatic N) is 1. The van der Waals surface area contributed by atoms with Gasteiger partial charge in [-0.05, 0) is 27.7 Å². The third-order valence-corrected chi connectivity index (χ3v) is 3.39. The Morgan fingerprint density at radius 1 is 1.07 bits per heavy atom. The molecule has 152 valence electrons. The van der Waals surface area contributed by atoms with Crippen LogP contribution in [0.2, 0.25) is 0 Å². The normalized spacial score (nSPS) is 15.2. The molecule has 2 N–H and O–H groups in total. The lowest BCUT2D eigenvalue weighted by molar-refractivity contribution is -0.141. The number of amides is 4. The summed E-state index contributed by atoms with van der Waals surface area (Å²) in [6, 6.07) is 0. The maximum absolute atomic E-state index is 11.7. The second-order valence-electron chi connectivity index (χ2n) is 7.15. The molecule has 0 bridgehead atoms. The maximum atomic E-state index is 11.7. The first-order valence-electron chi connectivity index (χ1n) is 8.91. The van der Waals surface area contributed by atoms with Gasteiger partial charge in [-0.25, -0.2) is 0 Å². The van der Waals surface area contributed by atoms with Crippen LogP contribution in [0.15, 0.2) is 12.2 Å². The molecule has 0 radical (unpaired) electrons. The van der Waals surface area contributed by atoms with Gasteiger partial charge in [0.2, 0.25) is 11.8 Å². The van der Waals surface area contributed by atoms with Crippen LogP contribution < -0.4 is 10.6 Å². The molecule has 1 rings (SSSR count). The topological polar surface area (TPSA) is 114 Å². The minimum Gasteiger partial charge on any atom is -0.379 e. The molecule has 1 aliphatic rings. The molecule has 0 aromatic heterocycles. The molecule has 0 aromatic rings. The minimum atomic E-state index is -0.500. The van der Waals surface area contributed by atoms with Gasteiger partial charge in [-0.2, -0.15) is 0 Å². The molecule has 0 saturated carbocycles. The van der Waals surface area contributed by atoms with E-state index in [2.05, 4.69) is 10.6 Å². The van der Waals surface area contributed by atoms with Crippen molar-refractivity contribution in [3.05, 3.63) is 12.2 Å². The predicted molar refractivity (Wildman–Crippen MR) is 97.6 cm³/mol. The van der Waals surface area contributed by atoms with Gasteiger partial charge in [-0.3, -0.25) is 24.1 Å². The van der Waals surface area contributed by atoms with Gasteiger partial charge in [0.15, 0.2) is 0 Å². The fourth-order valence-electron chi connectivity index (χ4n) is 2.31. The summed E-state index contributed by atoms with van der Waals surface area (Å²) in [4.78, 5) is 46.9. The van der Waals surface area contributed by atoms with Crippen molar-refractivity contribution in [2.75, 3.05) is 32.8 Å². The Kier molecular flexibility index (Phi) is 9.10. The summed E-state index contributed by atoms with van der Waals surface area (Å²) in [5.41, 5.74) is -0.260. The highest BCUT2D eigenvalue weighted by Gasteiger charge is 2.25. The smallest absolute Gasteiger partial charge is 0.254 e. The summed E-state index contributed by atoms with van der Waals surface area (Å²) in [5.74, 6) is -1.59. The molecule has 27 heavy (non-hydrogen) atoms. The summed E-state index contributed by atoms with van der Waals surface area (Å²) in [6.45, 7) is 8.54. The fraction of sp³-hybridized carbons (Fsp3) is 0.667. The molecule has 9 heteroatoms. The highest BCUT2D eigenvalue weighted by molar-refractivity contribution is 6.14. The van der Waals surface area contributed by atoms with Crippen LogP contribution in [0.3, 0.4) is 0 Å². The molecular weight excluding hydrogens is 354 g/mol. The summed E-state index contributed by atoms with van der Waals surface area (Å²) < 4.78 is 11.0. The quantitative estimate of drug-likeness (QED) is 0.376. The van der Waals surface area contributed by atoms with E-state index < -0.39 is 17.7 Å². The summed E-state index contributed by atoms with van der Waals surface area (Å²) in [5, 5.41) is 5.32.